The molecule has 2 aromatic heterocycles. The van der Waals surface area contributed by atoms with Crippen LogP contribution in [0, 0.1) is 13.8 Å². The topological polar surface area (TPSA) is 190 Å². The summed E-state index contributed by atoms with van der Waals surface area (Å²) in [5.41, 5.74) is 0.612. The van der Waals surface area contributed by atoms with Crippen molar-refractivity contribution in [1.29, 1.82) is 0 Å². The van der Waals surface area contributed by atoms with Gasteiger partial charge in [0.05, 0.1) is 5.56 Å². The number of halogens is 1. The number of amides is 2. The Bertz CT molecular complexity index is 1520. The van der Waals surface area contributed by atoms with Crippen LogP contribution < -0.4 is 19.5 Å². The Balaban J connectivity index is 0.000000271. The zero-order valence-corrected chi connectivity index (χ0v) is 34.6. The monoisotopic (exact) mass is 798 g/mol. The van der Waals surface area contributed by atoms with Crippen molar-refractivity contribution in [2.24, 2.45) is 0 Å². The minimum absolute atomic E-state index is 0.0130. The van der Waals surface area contributed by atoms with Crippen LogP contribution in [-0.4, -0.2) is 126 Å². The number of ether oxygens (including phenoxy) is 5. The van der Waals surface area contributed by atoms with E-state index in [0.717, 1.165) is 69.0 Å². The Kier molecular flexibility index (Phi) is 17.4. The number of aromatic nitrogens is 4. The number of carbonyl (C=O) groups excluding carboxylic acids is 2. The van der Waals surface area contributed by atoms with Gasteiger partial charge < -0.3 is 43.4 Å². The smallest absolute Gasteiger partial charge is 0.410 e. The molecule has 54 heavy (non-hydrogen) atoms. The van der Waals surface area contributed by atoms with Crippen LogP contribution in [-0.2, 0) is 20.6 Å². The van der Waals surface area contributed by atoms with Crippen molar-refractivity contribution in [3.8, 4) is 17.6 Å². The second kappa shape index (κ2) is 20.9. The van der Waals surface area contributed by atoms with E-state index in [9.17, 15) is 9.59 Å². The lowest BCUT2D eigenvalue weighted by molar-refractivity contribution is 0.0110. The second-order valence-electron chi connectivity index (χ2n) is 15.2. The predicted octanol–water partition coefficient (Wildman–Crippen LogP) is 5.41. The number of hydrogen-bond donors (Lipinski definition) is 1. The predicted molar refractivity (Wildman–Crippen MR) is 203 cm³/mol. The fraction of sp³-hybridized carbons (Fsp3) is 0.722. The van der Waals surface area contributed by atoms with Gasteiger partial charge >= 0.3 is 12.2 Å². The Morgan fingerprint density at radius 3 is 1.41 bits per heavy atom. The highest BCUT2D eigenvalue weighted by atomic mass is 35.5. The fourth-order valence-electron chi connectivity index (χ4n) is 5.54. The summed E-state index contributed by atoms with van der Waals surface area (Å²) in [5, 5.41) is 3.73. The zero-order chi connectivity index (χ0) is 40.1. The lowest BCUT2D eigenvalue weighted by Crippen LogP contribution is -2.44. The number of nitrogens with zero attached hydrogens (tertiary/aromatic N) is 6. The van der Waals surface area contributed by atoms with Gasteiger partial charge in [-0.2, -0.15) is 0 Å². The molecule has 0 aromatic carbocycles. The summed E-state index contributed by atoms with van der Waals surface area (Å²) >= 11 is 4.10. The number of carbonyl (C=O) groups is 2. The van der Waals surface area contributed by atoms with Crippen molar-refractivity contribution < 1.29 is 42.0 Å². The standard InChI is InChI=1S/C20H32N4O4.C15H22ClN3O3.CH4O2S/c1-14-17(26-15-5-9-21-10-6-15)22-13-23-18(14)27-16-7-11-24(12-8-16)19(25)28-20(2,3)4;1-10-12(16)17-9-18-13(10)21-11-5-7-19(8-6-11)14(20)22-15(2,3)4;1-4(2)3/h13,15-16,21H,5-12H2,1-4H3;9,11H,5-8H2,1-4H3;1H3,(H,2,3)/p-1. The first-order valence-electron chi connectivity index (χ1n) is 18.3. The molecule has 304 valence electrons. The maximum atomic E-state index is 12.2. The van der Waals surface area contributed by atoms with E-state index in [1.807, 2.05) is 55.4 Å². The third kappa shape index (κ3) is 16.1. The molecule has 3 aliphatic heterocycles. The summed E-state index contributed by atoms with van der Waals surface area (Å²) in [6.07, 6.45) is 8.55. The van der Waals surface area contributed by atoms with Crippen molar-refractivity contribution in [3.05, 3.63) is 28.9 Å². The van der Waals surface area contributed by atoms with Crippen LogP contribution in [0.25, 0.3) is 0 Å². The average molecular weight is 799 g/mol. The van der Waals surface area contributed by atoms with Crippen LogP contribution in [0.3, 0.4) is 0 Å². The van der Waals surface area contributed by atoms with Gasteiger partial charge in [-0.05, 0) is 87.6 Å². The molecule has 0 spiro atoms. The molecule has 3 fully saturated rings. The van der Waals surface area contributed by atoms with E-state index in [4.69, 9.17) is 44.0 Å². The molecule has 2 aromatic rings. The maximum Gasteiger partial charge on any atom is 0.410 e. The molecule has 16 nitrogen and oxygen atoms in total. The molecule has 0 aliphatic carbocycles. The lowest BCUT2D eigenvalue weighted by atomic mass is 10.1. The quantitative estimate of drug-likeness (QED) is 0.288. The highest BCUT2D eigenvalue weighted by molar-refractivity contribution is 7.78. The van der Waals surface area contributed by atoms with Gasteiger partial charge in [0.25, 0.3) is 0 Å². The first-order valence-corrected chi connectivity index (χ1v) is 20.1. The maximum absolute atomic E-state index is 12.2. The second-order valence-corrected chi connectivity index (χ2v) is 16.4. The van der Waals surface area contributed by atoms with Gasteiger partial charge in [-0.25, -0.2) is 29.5 Å². The Hall–Kier alpha value is -3.54. The van der Waals surface area contributed by atoms with Crippen molar-refractivity contribution >= 4 is 34.9 Å². The van der Waals surface area contributed by atoms with Crippen molar-refractivity contribution in [2.45, 2.75) is 123 Å². The van der Waals surface area contributed by atoms with Crippen LogP contribution in [0.15, 0.2) is 12.7 Å². The Morgan fingerprint density at radius 1 is 0.704 bits per heavy atom. The minimum atomic E-state index is -1.86. The largest absolute Gasteiger partial charge is 0.773 e. The van der Waals surface area contributed by atoms with Gasteiger partial charge in [0.2, 0.25) is 17.6 Å². The molecule has 18 heteroatoms. The van der Waals surface area contributed by atoms with Gasteiger partial charge in [-0.3, -0.25) is 4.21 Å². The minimum Gasteiger partial charge on any atom is -0.773 e. The summed E-state index contributed by atoms with van der Waals surface area (Å²) in [5.74, 6) is 1.67. The lowest BCUT2D eigenvalue weighted by Gasteiger charge is -2.33. The van der Waals surface area contributed by atoms with Crippen molar-refractivity contribution in [1.82, 2.24) is 35.1 Å². The molecule has 5 heterocycles. The van der Waals surface area contributed by atoms with E-state index in [1.165, 1.54) is 12.7 Å². The molecule has 1 atom stereocenters. The number of likely N-dealkylation sites (tertiary alicyclic amines) is 2. The molecule has 0 bridgehead atoms. The highest BCUT2D eigenvalue weighted by Gasteiger charge is 2.30. The number of rotatable bonds is 6. The van der Waals surface area contributed by atoms with Crippen LogP contribution in [0.5, 0.6) is 17.6 Å². The van der Waals surface area contributed by atoms with E-state index in [0.29, 0.717) is 49.0 Å². The Morgan fingerprint density at radius 2 is 1.04 bits per heavy atom. The van der Waals surface area contributed by atoms with Crippen LogP contribution in [0.1, 0.15) is 91.2 Å². The molecule has 0 saturated carbocycles. The molecular weight excluding hydrogens is 742 g/mol. The van der Waals surface area contributed by atoms with Gasteiger partial charge in [-0.15, -0.1) is 0 Å². The van der Waals surface area contributed by atoms with Gasteiger partial charge in [-0.1, -0.05) is 22.7 Å². The SMILES string of the molecule is CS(=O)[O-].Cc1c(Cl)ncnc1OC1CCN(C(=O)OC(C)(C)C)CC1.Cc1c(OC2CCNCC2)ncnc1OC1CCN(C(=O)OC(C)(C)C)CC1. The van der Waals surface area contributed by atoms with E-state index in [1.54, 1.807) is 9.80 Å². The molecule has 3 aliphatic rings. The van der Waals surface area contributed by atoms with Crippen molar-refractivity contribution in [3.63, 3.8) is 0 Å². The molecule has 5 rings (SSSR count). The molecule has 2 amide bonds. The van der Waals surface area contributed by atoms with Gasteiger partial charge in [0, 0.05) is 57.4 Å². The van der Waals surface area contributed by atoms with Gasteiger partial charge in [0.1, 0.15) is 47.3 Å². The first-order chi connectivity index (χ1) is 25.3. The van der Waals surface area contributed by atoms with Crippen LogP contribution in [0.4, 0.5) is 9.59 Å². The number of piperidine rings is 3. The Labute approximate surface area is 326 Å². The van der Waals surface area contributed by atoms with Crippen LogP contribution in [0.2, 0.25) is 5.15 Å². The van der Waals surface area contributed by atoms with Gasteiger partial charge in [0.15, 0.2) is 0 Å². The third-order valence-electron chi connectivity index (χ3n) is 8.28. The van der Waals surface area contributed by atoms with E-state index >= 15 is 0 Å². The van der Waals surface area contributed by atoms with E-state index in [2.05, 4.69) is 25.3 Å². The number of hydrogen-bond acceptors (Lipinski definition) is 14. The summed E-state index contributed by atoms with van der Waals surface area (Å²) in [6.45, 7) is 19.4. The van der Waals surface area contributed by atoms with Crippen LogP contribution >= 0.6 is 11.6 Å². The summed E-state index contributed by atoms with van der Waals surface area (Å²) in [7, 11) is 0. The molecule has 1 unspecified atom stereocenters. The van der Waals surface area contributed by atoms with E-state index in [-0.39, 0.29) is 30.5 Å². The normalized spacial score (nSPS) is 17.9. The molecular formula is C36H57ClN7O9S-. The molecule has 3 saturated heterocycles. The third-order valence-corrected chi connectivity index (χ3v) is 8.66. The molecule has 0 radical (unpaired) electrons. The molecule has 1 N–H and O–H groups in total. The fourth-order valence-corrected chi connectivity index (χ4v) is 5.67. The van der Waals surface area contributed by atoms with Crippen molar-refractivity contribution in [2.75, 3.05) is 45.5 Å². The summed E-state index contributed by atoms with van der Waals surface area (Å²) < 4.78 is 46.9. The van der Waals surface area contributed by atoms with E-state index < -0.39 is 22.3 Å². The number of nitrogens with one attached hydrogen (secondary N) is 1. The summed E-state index contributed by atoms with van der Waals surface area (Å²) in [6, 6.07) is 0. The first kappa shape index (κ1) is 44.9. The zero-order valence-electron chi connectivity index (χ0n) is 33.0. The summed E-state index contributed by atoms with van der Waals surface area (Å²) in [4.78, 5) is 44.3. The highest BCUT2D eigenvalue weighted by Crippen LogP contribution is 2.28. The average Bonchev–Trinajstić information content (AvgIpc) is 3.08.